The molecule has 0 radical (unpaired) electrons. The standard InChI is InChI=1S/C9H14ClNO2S/c1-3-5-6-7(8(12)13-4-2)11-9(10)14-6/h8,12H,3-5H2,1-2H3. The Labute approximate surface area is 92.7 Å². The average Bonchev–Trinajstić information content (AvgIpc) is 2.48. The van der Waals surface area contributed by atoms with Crippen LogP contribution in [-0.2, 0) is 11.2 Å². The lowest BCUT2D eigenvalue weighted by Gasteiger charge is -2.09. The minimum absolute atomic E-state index is 0.460. The first kappa shape index (κ1) is 11.9. The highest BCUT2D eigenvalue weighted by Crippen LogP contribution is 2.28. The Morgan fingerprint density at radius 3 is 2.86 bits per heavy atom. The first-order valence-corrected chi connectivity index (χ1v) is 5.83. The number of rotatable bonds is 5. The Morgan fingerprint density at radius 2 is 2.29 bits per heavy atom. The van der Waals surface area contributed by atoms with Gasteiger partial charge in [0.25, 0.3) is 0 Å². The molecular weight excluding hydrogens is 222 g/mol. The number of aromatic nitrogens is 1. The van der Waals surface area contributed by atoms with E-state index in [1.54, 1.807) is 0 Å². The summed E-state index contributed by atoms with van der Waals surface area (Å²) < 4.78 is 5.53. The lowest BCUT2D eigenvalue weighted by Crippen LogP contribution is -2.05. The molecule has 1 aromatic rings. The van der Waals surface area contributed by atoms with Crippen molar-refractivity contribution in [3.05, 3.63) is 15.0 Å². The molecule has 1 heterocycles. The van der Waals surface area contributed by atoms with E-state index < -0.39 is 6.29 Å². The quantitative estimate of drug-likeness (QED) is 0.798. The van der Waals surface area contributed by atoms with Crippen molar-refractivity contribution in [1.82, 2.24) is 4.98 Å². The number of thiazole rings is 1. The summed E-state index contributed by atoms with van der Waals surface area (Å²) in [5.74, 6) is 0. The minimum Gasteiger partial charge on any atom is -0.363 e. The number of aliphatic hydroxyl groups excluding tert-OH is 1. The first-order valence-electron chi connectivity index (χ1n) is 4.63. The largest absolute Gasteiger partial charge is 0.363 e. The summed E-state index contributed by atoms with van der Waals surface area (Å²) in [5.41, 5.74) is 0.573. The maximum absolute atomic E-state index is 9.60. The Bertz CT molecular complexity index is 290. The molecule has 80 valence electrons. The second-order valence-electron chi connectivity index (χ2n) is 2.83. The smallest absolute Gasteiger partial charge is 0.199 e. The van der Waals surface area contributed by atoms with E-state index in [1.165, 1.54) is 11.3 Å². The highest BCUT2D eigenvalue weighted by molar-refractivity contribution is 7.15. The van der Waals surface area contributed by atoms with Crippen molar-refractivity contribution in [3.63, 3.8) is 0 Å². The average molecular weight is 236 g/mol. The molecule has 0 aliphatic rings. The Hall–Kier alpha value is -0.160. The van der Waals surface area contributed by atoms with E-state index in [9.17, 15) is 5.11 Å². The number of nitrogens with zero attached hydrogens (tertiary/aromatic N) is 1. The zero-order valence-corrected chi connectivity index (χ0v) is 9.86. The van der Waals surface area contributed by atoms with Crippen molar-refractivity contribution in [2.45, 2.75) is 33.0 Å². The van der Waals surface area contributed by atoms with Gasteiger partial charge >= 0.3 is 0 Å². The molecule has 0 spiro atoms. The summed E-state index contributed by atoms with van der Waals surface area (Å²) in [6.07, 6.45) is 0.944. The van der Waals surface area contributed by atoms with E-state index in [2.05, 4.69) is 11.9 Å². The van der Waals surface area contributed by atoms with E-state index in [0.29, 0.717) is 16.8 Å². The van der Waals surface area contributed by atoms with Crippen LogP contribution in [0.15, 0.2) is 0 Å². The molecule has 0 saturated carbocycles. The fraction of sp³-hybridized carbons (Fsp3) is 0.667. The van der Waals surface area contributed by atoms with Gasteiger partial charge in [0.2, 0.25) is 0 Å². The van der Waals surface area contributed by atoms with Gasteiger partial charge in [-0.2, -0.15) is 0 Å². The van der Waals surface area contributed by atoms with E-state index >= 15 is 0 Å². The molecule has 0 aliphatic heterocycles. The molecule has 3 nitrogen and oxygen atoms in total. The zero-order valence-electron chi connectivity index (χ0n) is 8.29. The van der Waals surface area contributed by atoms with Gasteiger partial charge in [-0.1, -0.05) is 24.9 Å². The van der Waals surface area contributed by atoms with Crippen LogP contribution in [-0.4, -0.2) is 16.7 Å². The molecule has 0 aliphatic carbocycles. The molecule has 14 heavy (non-hydrogen) atoms. The van der Waals surface area contributed by atoms with Gasteiger partial charge in [0, 0.05) is 11.5 Å². The van der Waals surface area contributed by atoms with Crippen molar-refractivity contribution < 1.29 is 9.84 Å². The fourth-order valence-electron chi connectivity index (χ4n) is 1.17. The minimum atomic E-state index is -0.940. The van der Waals surface area contributed by atoms with Gasteiger partial charge < -0.3 is 9.84 Å². The van der Waals surface area contributed by atoms with E-state index in [1.807, 2.05) is 6.92 Å². The maximum Gasteiger partial charge on any atom is 0.199 e. The van der Waals surface area contributed by atoms with Gasteiger partial charge in [-0.3, -0.25) is 0 Å². The summed E-state index contributed by atoms with van der Waals surface area (Å²) in [5, 5.41) is 9.60. The van der Waals surface area contributed by atoms with E-state index in [4.69, 9.17) is 16.3 Å². The Balaban J connectivity index is 2.82. The zero-order chi connectivity index (χ0) is 10.6. The molecule has 1 rings (SSSR count). The number of aryl methyl sites for hydroxylation is 1. The summed E-state index contributed by atoms with van der Waals surface area (Å²) in [7, 11) is 0. The van der Waals surface area contributed by atoms with Crippen molar-refractivity contribution in [2.24, 2.45) is 0 Å². The third kappa shape index (κ3) is 2.92. The van der Waals surface area contributed by atoms with Gasteiger partial charge in [-0.25, -0.2) is 4.98 Å². The summed E-state index contributed by atoms with van der Waals surface area (Å²) in [6, 6.07) is 0. The van der Waals surface area contributed by atoms with Crippen LogP contribution in [0.5, 0.6) is 0 Å². The molecule has 1 aromatic heterocycles. The molecule has 0 saturated heterocycles. The third-order valence-electron chi connectivity index (χ3n) is 1.74. The number of hydrogen-bond donors (Lipinski definition) is 1. The molecule has 0 bridgehead atoms. The topological polar surface area (TPSA) is 42.4 Å². The Morgan fingerprint density at radius 1 is 1.57 bits per heavy atom. The SMILES string of the molecule is CCCc1sc(Cl)nc1C(O)OCC. The normalized spacial score (nSPS) is 13.1. The van der Waals surface area contributed by atoms with Crippen molar-refractivity contribution in [3.8, 4) is 0 Å². The molecule has 1 atom stereocenters. The summed E-state index contributed by atoms with van der Waals surface area (Å²) >= 11 is 7.19. The molecule has 0 fully saturated rings. The highest BCUT2D eigenvalue weighted by atomic mass is 35.5. The second kappa shape index (κ2) is 5.66. The molecule has 5 heteroatoms. The van der Waals surface area contributed by atoms with E-state index in [-0.39, 0.29) is 0 Å². The summed E-state index contributed by atoms with van der Waals surface area (Å²) in [6.45, 7) is 4.36. The first-order chi connectivity index (χ1) is 6.69. The van der Waals surface area contributed by atoms with Crippen LogP contribution in [0.1, 0.15) is 37.1 Å². The molecule has 1 unspecified atom stereocenters. The van der Waals surface area contributed by atoms with Gasteiger partial charge in [0.15, 0.2) is 10.8 Å². The van der Waals surface area contributed by atoms with Gasteiger partial charge in [-0.15, -0.1) is 11.3 Å². The number of halogens is 1. The predicted octanol–water partition coefficient (Wildman–Crippen LogP) is 2.78. The van der Waals surface area contributed by atoms with Gasteiger partial charge in [0.05, 0.1) is 0 Å². The van der Waals surface area contributed by atoms with Gasteiger partial charge in [-0.05, 0) is 13.3 Å². The van der Waals surface area contributed by atoms with Crippen molar-refractivity contribution in [2.75, 3.05) is 6.61 Å². The lowest BCUT2D eigenvalue weighted by atomic mass is 10.2. The molecule has 0 amide bonds. The summed E-state index contributed by atoms with van der Waals surface area (Å²) in [4.78, 5) is 5.07. The predicted molar refractivity (Wildman–Crippen MR) is 57.7 cm³/mol. The van der Waals surface area contributed by atoms with E-state index in [0.717, 1.165) is 17.7 Å². The van der Waals surface area contributed by atoms with Crippen LogP contribution in [0.25, 0.3) is 0 Å². The van der Waals surface area contributed by atoms with Crippen LogP contribution in [0.4, 0.5) is 0 Å². The maximum atomic E-state index is 9.60. The number of ether oxygens (including phenoxy) is 1. The van der Waals surface area contributed by atoms with Crippen LogP contribution >= 0.6 is 22.9 Å². The van der Waals surface area contributed by atoms with Crippen molar-refractivity contribution >= 4 is 22.9 Å². The monoisotopic (exact) mass is 235 g/mol. The number of hydrogen-bond acceptors (Lipinski definition) is 4. The van der Waals surface area contributed by atoms with Gasteiger partial charge in [0.1, 0.15) is 5.69 Å². The van der Waals surface area contributed by atoms with Crippen molar-refractivity contribution in [1.29, 1.82) is 0 Å². The lowest BCUT2D eigenvalue weighted by molar-refractivity contribution is -0.101. The molecule has 1 N–H and O–H groups in total. The van der Waals surface area contributed by atoms with Crippen LogP contribution in [0.2, 0.25) is 4.47 Å². The fourth-order valence-corrected chi connectivity index (χ4v) is 2.44. The third-order valence-corrected chi connectivity index (χ3v) is 2.97. The van der Waals surface area contributed by atoms with Crippen LogP contribution in [0.3, 0.4) is 0 Å². The highest BCUT2D eigenvalue weighted by Gasteiger charge is 2.17. The molecule has 0 aromatic carbocycles. The number of aliphatic hydroxyl groups is 1. The second-order valence-corrected chi connectivity index (χ2v) is 4.50. The molecular formula is C9H14ClNO2S. The van der Waals surface area contributed by atoms with Crippen LogP contribution < -0.4 is 0 Å². The van der Waals surface area contributed by atoms with Crippen LogP contribution in [0, 0.1) is 0 Å². The Kier molecular flexibility index (Phi) is 4.81.